The van der Waals surface area contributed by atoms with Crippen molar-refractivity contribution in [2.45, 2.75) is 13.1 Å². The van der Waals surface area contributed by atoms with Crippen LogP contribution in [0.15, 0.2) is 95.9 Å². The summed E-state index contributed by atoms with van der Waals surface area (Å²) >= 11 is 6.14. The summed E-state index contributed by atoms with van der Waals surface area (Å²) in [6.07, 6.45) is -2.99. The molecular weight excluding hydrogens is 515 g/mol. The van der Waals surface area contributed by atoms with Crippen LogP contribution in [0.1, 0.15) is 21.5 Å². The number of para-hydroxylation sites is 1. The molecule has 0 spiro atoms. The molecule has 5 nitrogen and oxygen atoms in total. The Morgan fingerprint density at radius 3 is 2.42 bits per heavy atom. The molecule has 0 bridgehead atoms. The smallest absolute Gasteiger partial charge is 0.322 e. The molecule has 0 saturated heterocycles. The quantitative estimate of drug-likeness (QED) is 0.247. The van der Waals surface area contributed by atoms with Gasteiger partial charge in [0.2, 0.25) is 0 Å². The van der Waals surface area contributed by atoms with E-state index in [2.05, 4.69) is 10.3 Å². The van der Waals surface area contributed by atoms with E-state index in [0.29, 0.717) is 33.4 Å². The number of aryl methyl sites for hydroxylation is 1. The molecule has 0 aliphatic heterocycles. The number of anilines is 1. The van der Waals surface area contributed by atoms with Gasteiger partial charge >= 0.3 is 6.18 Å². The van der Waals surface area contributed by atoms with E-state index in [1.807, 2.05) is 25.1 Å². The standard InChI is InChI=1S/C29H19ClF3N3O2/c1-17-10-11-21(35-27(37)18-6-5-7-20(12-18)29(31,32)33)14-23(17)24-13-19-16-34-26(30)15-25(19)36(28(24)38)22-8-3-2-4-9-22/h2-16H,1H3,(H,35,37). The van der Waals surface area contributed by atoms with Gasteiger partial charge in [-0.1, -0.05) is 41.9 Å². The molecule has 2 aromatic heterocycles. The predicted molar refractivity (Wildman–Crippen MR) is 142 cm³/mol. The summed E-state index contributed by atoms with van der Waals surface area (Å²) in [5.74, 6) is -0.704. The lowest BCUT2D eigenvalue weighted by molar-refractivity contribution is -0.137. The van der Waals surface area contributed by atoms with Gasteiger partial charge in [0.25, 0.3) is 11.5 Å². The fraction of sp³-hybridized carbons (Fsp3) is 0.0690. The summed E-state index contributed by atoms with van der Waals surface area (Å²) in [6.45, 7) is 1.82. The largest absolute Gasteiger partial charge is 0.416 e. The lowest BCUT2D eigenvalue weighted by Gasteiger charge is -2.15. The molecule has 0 atom stereocenters. The maximum atomic E-state index is 13.8. The minimum atomic E-state index is -4.57. The van der Waals surface area contributed by atoms with Gasteiger partial charge in [-0.3, -0.25) is 14.2 Å². The van der Waals surface area contributed by atoms with E-state index >= 15 is 0 Å². The lowest BCUT2D eigenvalue weighted by Crippen LogP contribution is -2.21. The Kier molecular flexibility index (Phi) is 6.50. The van der Waals surface area contributed by atoms with Gasteiger partial charge in [0, 0.05) is 40.2 Å². The highest BCUT2D eigenvalue weighted by atomic mass is 35.5. The molecule has 3 aromatic carbocycles. The number of halogens is 4. The van der Waals surface area contributed by atoms with Crippen molar-refractivity contribution >= 4 is 34.1 Å². The molecule has 9 heteroatoms. The number of aromatic nitrogens is 2. The molecule has 190 valence electrons. The molecule has 5 rings (SSSR count). The molecule has 1 N–H and O–H groups in total. The topological polar surface area (TPSA) is 64.0 Å². The van der Waals surface area contributed by atoms with Gasteiger partial charge in [0.05, 0.1) is 11.1 Å². The minimum absolute atomic E-state index is 0.137. The molecule has 38 heavy (non-hydrogen) atoms. The van der Waals surface area contributed by atoms with Crippen LogP contribution in [0.25, 0.3) is 27.7 Å². The van der Waals surface area contributed by atoms with E-state index in [1.54, 1.807) is 53.2 Å². The van der Waals surface area contributed by atoms with E-state index in [1.165, 1.54) is 12.1 Å². The fourth-order valence-electron chi connectivity index (χ4n) is 4.24. The first-order valence-electron chi connectivity index (χ1n) is 11.5. The Labute approximate surface area is 220 Å². The van der Waals surface area contributed by atoms with Gasteiger partial charge in [-0.15, -0.1) is 0 Å². The monoisotopic (exact) mass is 533 g/mol. The zero-order valence-corrected chi connectivity index (χ0v) is 20.6. The fourth-order valence-corrected chi connectivity index (χ4v) is 4.39. The molecular formula is C29H19ClF3N3O2. The summed E-state index contributed by atoms with van der Waals surface area (Å²) in [4.78, 5) is 30.8. The molecule has 0 fully saturated rings. The molecule has 0 saturated carbocycles. The number of benzene rings is 3. The zero-order valence-electron chi connectivity index (χ0n) is 19.9. The van der Waals surface area contributed by atoms with Crippen molar-refractivity contribution in [1.29, 1.82) is 0 Å². The van der Waals surface area contributed by atoms with E-state index in [-0.39, 0.29) is 16.3 Å². The Bertz CT molecular complexity index is 1750. The molecule has 2 heterocycles. The van der Waals surface area contributed by atoms with E-state index in [0.717, 1.165) is 17.7 Å². The average Bonchev–Trinajstić information content (AvgIpc) is 2.89. The number of alkyl halides is 3. The van der Waals surface area contributed by atoms with Gasteiger partial charge in [-0.05, 0) is 66.6 Å². The van der Waals surface area contributed by atoms with Crippen LogP contribution in [0, 0.1) is 6.92 Å². The third-order valence-electron chi connectivity index (χ3n) is 6.10. The van der Waals surface area contributed by atoms with Crippen LogP contribution < -0.4 is 10.9 Å². The van der Waals surface area contributed by atoms with Crippen LogP contribution in [-0.2, 0) is 6.18 Å². The Balaban J connectivity index is 1.60. The normalized spacial score (nSPS) is 11.5. The third kappa shape index (κ3) is 4.90. The lowest BCUT2D eigenvalue weighted by atomic mass is 9.99. The average molecular weight is 534 g/mol. The van der Waals surface area contributed by atoms with Crippen LogP contribution >= 0.6 is 11.6 Å². The van der Waals surface area contributed by atoms with Crippen molar-refractivity contribution in [1.82, 2.24) is 9.55 Å². The summed E-state index contributed by atoms with van der Waals surface area (Å²) in [7, 11) is 0. The molecule has 0 aliphatic rings. The van der Waals surface area contributed by atoms with E-state index in [4.69, 9.17) is 11.6 Å². The first-order valence-corrected chi connectivity index (χ1v) is 11.9. The van der Waals surface area contributed by atoms with Crippen molar-refractivity contribution in [3.8, 4) is 16.8 Å². The molecule has 5 aromatic rings. The SMILES string of the molecule is Cc1ccc(NC(=O)c2cccc(C(F)(F)F)c2)cc1-c1cc2cnc(Cl)cc2n(-c2ccccc2)c1=O. The number of amides is 1. The minimum Gasteiger partial charge on any atom is -0.322 e. The van der Waals surface area contributed by atoms with E-state index < -0.39 is 17.6 Å². The maximum Gasteiger partial charge on any atom is 0.416 e. The van der Waals surface area contributed by atoms with Crippen molar-refractivity contribution in [2.24, 2.45) is 0 Å². The van der Waals surface area contributed by atoms with Crippen LogP contribution in [-0.4, -0.2) is 15.5 Å². The second-order valence-electron chi connectivity index (χ2n) is 8.66. The molecule has 0 unspecified atom stereocenters. The number of fused-ring (bicyclic) bond motifs is 1. The van der Waals surface area contributed by atoms with Crippen molar-refractivity contribution in [3.63, 3.8) is 0 Å². The Morgan fingerprint density at radius 2 is 1.68 bits per heavy atom. The zero-order chi connectivity index (χ0) is 27.0. The van der Waals surface area contributed by atoms with Gasteiger partial charge < -0.3 is 5.32 Å². The van der Waals surface area contributed by atoms with Crippen LogP contribution in [0.4, 0.5) is 18.9 Å². The van der Waals surface area contributed by atoms with Gasteiger partial charge in [-0.2, -0.15) is 13.2 Å². The number of hydrogen-bond acceptors (Lipinski definition) is 3. The maximum absolute atomic E-state index is 13.8. The van der Waals surface area contributed by atoms with Crippen molar-refractivity contribution in [3.05, 3.63) is 123 Å². The molecule has 0 aliphatic carbocycles. The van der Waals surface area contributed by atoms with Crippen molar-refractivity contribution < 1.29 is 18.0 Å². The summed E-state index contributed by atoms with van der Waals surface area (Å²) in [6, 6.07) is 21.6. The van der Waals surface area contributed by atoms with Gasteiger partial charge in [0.1, 0.15) is 5.15 Å². The van der Waals surface area contributed by atoms with E-state index in [9.17, 15) is 22.8 Å². The van der Waals surface area contributed by atoms with Gasteiger partial charge in [-0.25, -0.2) is 4.98 Å². The number of rotatable bonds is 4. The molecule has 1 amide bonds. The first kappa shape index (κ1) is 25.2. The Morgan fingerprint density at radius 1 is 0.921 bits per heavy atom. The van der Waals surface area contributed by atoms with Crippen molar-refractivity contribution in [2.75, 3.05) is 5.32 Å². The number of pyridine rings is 2. The van der Waals surface area contributed by atoms with Crippen LogP contribution in [0.5, 0.6) is 0 Å². The number of hydrogen-bond donors (Lipinski definition) is 1. The highest BCUT2D eigenvalue weighted by Crippen LogP contribution is 2.31. The number of carbonyl (C=O) groups is 1. The summed E-state index contributed by atoms with van der Waals surface area (Å²) in [5, 5.41) is 3.55. The third-order valence-corrected chi connectivity index (χ3v) is 6.31. The highest BCUT2D eigenvalue weighted by Gasteiger charge is 2.31. The highest BCUT2D eigenvalue weighted by molar-refractivity contribution is 6.30. The van der Waals surface area contributed by atoms with Crippen LogP contribution in [0.3, 0.4) is 0 Å². The number of nitrogens with zero attached hydrogens (tertiary/aromatic N) is 2. The Hall–Kier alpha value is -4.43. The number of nitrogens with one attached hydrogen (secondary N) is 1. The number of carbonyl (C=O) groups excluding carboxylic acids is 1. The molecule has 0 radical (unpaired) electrons. The second kappa shape index (κ2) is 9.79. The van der Waals surface area contributed by atoms with Gasteiger partial charge in [0.15, 0.2) is 0 Å². The summed E-state index contributed by atoms with van der Waals surface area (Å²) < 4.78 is 40.8. The summed E-state index contributed by atoms with van der Waals surface area (Å²) in [5.41, 5.74) is 1.86. The second-order valence-corrected chi connectivity index (χ2v) is 9.05. The van der Waals surface area contributed by atoms with Crippen LogP contribution in [0.2, 0.25) is 5.15 Å². The predicted octanol–water partition coefficient (Wildman–Crippen LogP) is 7.29. The first-order chi connectivity index (χ1) is 18.1.